The van der Waals surface area contributed by atoms with E-state index in [1.807, 2.05) is 18.7 Å². The predicted molar refractivity (Wildman–Crippen MR) is 182 cm³/mol. The van der Waals surface area contributed by atoms with E-state index in [9.17, 15) is 22.4 Å². The Morgan fingerprint density at radius 3 is 2.49 bits per heavy atom. The standard InChI is InChI=1S/C36H41F4N7O4/c1-5-49-33(48)28-19-35(20-42-28)9-12-46(13-10-35)30-18-31(44-34(41)43-30)51-32(36(38,39)40)27-7-6-23(16-29(27)47-11-8-22(4)45-47)24-14-25(37)17-26(15-24)50-21(2)3/h6-8,11,14-18,21,28,32,42H,5,9-10,12-13,19-20H2,1-4H3,(H2,41,43,44)/t28-,32+/m0/s1. The number of anilines is 2. The lowest BCUT2D eigenvalue weighted by Crippen LogP contribution is -2.41. The van der Waals surface area contributed by atoms with Crippen LogP contribution < -0.4 is 25.4 Å². The van der Waals surface area contributed by atoms with Crippen LogP contribution in [0.25, 0.3) is 16.8 Å². The van der Waals surface area contributed by atoms with Crippen LogP contribution in [-0.2, 0) is 9.53 Å². The number of hydrogen-bond donors (Lipinski definition) is 2. The minimum Gasteiger partial charge on any atom is -0.491 e. The van der Waals surface area contributed by atoms with E-state index < -0.39 is 18.1 Å². The van der Waals surface area contributed by atoms with Crippen LogP contribution >= 0.6 is 0 Å². The van der Waals surface area contributed by atoms with Crippen molar-refractivity contribution in [1.29, 1.82) is 0 Å². The van der Waals surface area contributed by atoms with E-state index in [0.717, 1.165) is 12.8 Å². The molecule has 2 fully saturated rings. The van der Waals surface area contributed by atoms with Gasteiger partial charge in [-0.15, -0.1) is 0 Å². The van der Waals surface area contributed by atoms with E-state index in [1.54, 1.807) is 32.2 Å². The molecule has 3 N–H and O–H groups in total. The Labute approximate surface area is 293 Å². The third-order valence-corrected chi connectivity index (χ3v) is 9.18. The number of hydrogen-bond acceptors (Lipinski definition) is 10. The van der Waals surface area contributed by atoms with E-state index in [4.69, 9.17) is 19.9 Å². The zero-order valence-electron chi connectivity index (χ0n) is 28.8. The summed E-state index contributed by atoms with van der Waals surface area (Å²) >= 11 is 0. The van der Waals surface area contributed by atoms with Gasteiger partial charge in [-0.3, -0.25) is 4.79 Å². The first-order chi connectivity index (χ1) is 24.2. The fourth-order valence-electron chi connectivity index (χ4n) is 6.76. The molecule has 0 bridgehead atoms. The average Bonchev–Trinajstić information content (AvgIpc) is 3.69. The Hall–Kier alpha value is -4.92. The summed E-state index contributed by atoms with van der Waals surface area (Å²) in [5.74, 6) is -0.776. The van der Waals surface area contributed by atoms with Gasteiger partial charge in [0.25, 0.3) is 0 Å². The molecule has 2 atom stereocenters. The van der Waals surface area contributed by atoms with Gasteiger partial charge in [0.1, 0.15) is 23.4 Å². The van der Waals surface area contributed by atoms with Crippen LogP contribution in [0.5, 0.6) is 11.6 Å². The number of alkyl halides is 3. The maximum atomic E-state index is 15.0. The number of carbonyl (C=O) groups excluding carboxylic acids is 1. The number of benzene rings is 2. The summed E-state index contributed by atoms with van der Waals surface area (Å²) in [6, 6.07) is 11.1. The van der Waals surface area contributed by atoms with Gasteiger partial charge >= 0.3 is 12.1 Å². The second kappa shape index (κ2) is 14.4. The molecule has 272 valence electrons. The number of aromatic nitrogens is 4. The van der Waals surface area contributed by atoms with Gasteiger partial charge in [-0.25, -0.2) is 9.07 Å². The molecule has 2 aliphatic rings. The maximum absolute atomic E-state index is 15.0. The highest BCUT2D eigenvalue weighted by molar-refractivity contribution is 5.76. The monoisotopic (exact) mass is 711 g/mol. The van der Waals surface area contributed by atoms with Crippen LogP contribution in [0.1, 0.15) is 57.4 Å². The molecule has 0 amide bonds. The molecular formula is C36H41F4N7O4. The molecule has 1 spiro atoms. The molecule has 4 aromatic rings. The van der Waals surface area contributed by atoms with Crippen molar-refractivity contribution in [1.82, 2.24) is 25.1 Å². The SMILES string of the molecule is CCOC(=O)[C@@H]1CC2(CCN(c3cc(O[C@H](c4ccc(-c5cc(F)cc(OC(C)C)c5)cc4-n4ccc(C)n4)C(F)(F)F)nc(N)n3)CC2)CN1. The summed E-state index contributed by atoms with van der Waals surface area (Å²) < 4.78 is 77.4. The summed E-state index contributed by atoms with van der Waals surface area (Å²) in [5, 5.41) is 7.65. The van der Waals surface area contributed by atoms with Crippen LogP contribution in [0, 0.1) is 18.2 Å². The fraction of sp³-hybridized carbons (Fsp3) is 0.444. The van der Waals surface area contributed by atoms with Crippen molar-refractivity contribution in [3.05, 3.63) is 71.8 Å². The van der Waals surface area contributed by atoms with Crippen molar-refractivity contribution in [2.24, 2.45) is 5.41 Å². The quantitative estimate of drug-likeness (QED) is 0.142. The number of esters is 1. The van der Waals surface area contributed by atoms with Gasteiger partial charge in [0.15, 0.2) is 0 Å². The number of nitrogens with two attached hydrogens (primary N) is 1. The Morgan fingerprint density at radius 1 is 1.06 bits per heavy atom. The van der Waals surface area contributed by atoms with E-state index in [-0.39, 0.29) is 46.6 Å². The van der Waals surface area contributed by atoms with Crippen LogP contribution in [0.4, 0.5) is 29.3 Å². The number of nitrogens with one attached hydrogen (secondary N) is 1. The highest BCUT2D eigenvalue weighted by Crippen LogP contribution is 2.43. The van der Waals surface area contributed by atoms with Gasteiger partial charge in [-0.05, 0) is 87.8 Å². The molecule has 0 radical (unpaired) electrons. The predicted octanol–water partition coefficient (Wildman–Crippen LogP) is 6.34. The van der Waals surface area contributed by atoms with Gasteiger partial charge in [0.05, 0.1) is 24.1 Å². The number of halogens is 4. The highest BCUT2D eigenvalue weighted by atomic mass is 19.4. The van der Waals surface area contributed by atoms with Gasteiger partial charge in [-0.1, -0.05) is 12.1 Å². The van der Waals surface area contributed by atoms with Crippen LogP contribution in [-0.4, -0.2) is 70.3 Å². The van der Waals surface area contributed by atoms with E-state index in [1.165, 1.54) is 41.1 Å². The number of nitrogens with zero attached hydrogens (tertiary/aromatic N) is 5. The molecule has 6 rings (SSSR count). The Morgan fingerprint density at radius 2 is 1.82 bits per heavy atom. The number of rotatable bonds is 10. The van der Waals surface area contributed by atoms with Crippen LogP contribution in [0.15, 0.2) is 54.7 Å². The molecule has 11 nitrogen and oxygen atoms in total. The van der Waals surface area contributed by atoms with Gasteiger partial charge in [0, 0.05) is 43.5 Å². The van der Waals surface area contributed by atoms with E-state index >= 15 is 0 Å². The molecule has 2 aromatic heterocycles. The van der Waals surface area contributed by atoms with Crippen molar-refractivity contribution < 1.29 is 36.6 Å². The average molecular weight is 712 g/mol. The Kier molecular flexibility index (Phi) is 10.1. The minimum absolute atomic E-state index is 0.0772. The number of aryl methyl sites for hydroxylation is 1. The summed E-state index contributed by atoms with van der Waals surface area (Å²) in [4.78, 5) is 22.6. The van der Waals surface area contributed by atoms with E-state index in [0.29, 0.717) is 61.1 Å². The van der Waals surface area contributed by atoms with Crippen molar-refractivity contribution in [3.63, 3.8) is 0 Å². The topological polar surface area (TPSA) is 130 Å². The second-order valence-corrected chi connectivity index (χ2v) is 13.4. The minimum atomic E-state index is -4.89. The Balaban J connectivity index is 1.29. The second-order valence-electron chi connectivity index (χ2n) is 13.4. The van der Waals surface area contributed by atoms with E-state index in [2.05, 4.69) is 20.4 Å². The lowest BCUT2D eigenvalue weighted by molar-refractivity contribution is -0.198. The summed E-state index contributed by atoms with van der Waals surface area (Å²) in [6.07, 6.45) is -3.92. The molecule has 15 heteroatoms. The smallest absolute Gasteiger partial charge is 0.429 e. The third kappa shape index (κ3) is 8.19. The molecular weight excluding hydrogens is 670 g/mol. The van der Waals surface area contributed by atoms with Crippen molar-refractivity contribution in [2.75, 3.05) is 36.9 Å². The van der Waals surface area contributed by atoms with Crippen LogP contribution in [0.3, 0.4) is 0 Å². The largest absolute Gasteiger partial charge is 0.491 e. The molecule has 0 unspecified atom stereocenters. The molecule has 2 saturated heterocycles. The lowest BCUT2D eigenvalue weighted by atomic mass is 9.76. The zero-order valence-corrected chi connectivity index (χ0v) is 28.8. The van der Waals surface area contributed by atoms with Gasteiger partial charge in [-0.2, -0.15) is 28.2 Å². The molecule has 0 saturated carbocycles. The molecule has 51 heavy (non-hydrogen) atoms. The van der Waals surface area contributed by atoms with Crippen molar-refractivity contribution in [2.45, 2.75) is 71.4 Å². The summed E-state index contributed by atoms with van der Waals surface area (Å²) in [6.45, 7) is 9.17. The number of nitrogen functional groups attached to an aromatic ring is 1. The number of piperidine rings is 1. The maximum Gasteiger partial charge on any atom is 0.429 e. The van der Waals surface area contributed by atoms with Gasteiger partial charge < -0.3 is 30.2 Å². The first-order valence-electron chi connectivity index (χ1n) is 16.9. The highest BCUT2D eigenvalue weighted by Gasteiger charge is 2.46. The summed E-state index contributed by atoms with van der Waals surface area (Å²) in [7, 11) is 0. The van der Waals surface area contributed by atoms with Crippen molar-refractivity contribution >= 4 is 17.7 Å². The lowest BCUT2D eigenvalue weighted by Gasteiger charge is -2.39. The first-order valence-corrected chi connectivity index (χ1v) is 16.9. The third-order valence-electron chi connectivity index (χ3n) is 9.18. The normalized spacial score (nSPS) is 17.9. The molecule has 4 heterocycles. The number of carbonyl (C=O) groups is 1. The van der Waals surface area contributed by atoms with Gasteiger partial charge in [0.2, 0.25) is 17.9 Å². The molecule has 2 aliphatic heterocycles. The fourth-order valence-corrected chi connectivity index (χ4v) is 6.76. The van der Waals surface area contributed by atoms with Crippen LogP contribution in [0.2, 0.25) is 0 Å². The first kappa shape index (κ1) is 35.9. The Bertz CT molecular complexity index is 1870. The zero-order chi connectivity index (χ0) is 36.5. The van der Waals surface area contributed by atoms with Crippen molar-refractivity contribution in [3.8, 4) is 28.4 Å². The molecule has 0 aliphatic carbocycles. The summed E-state index contributed by atoms with van der Waals surface area (Å²) in [5.41, 5.74) is 7.19. The number of ether oxygens (including phenoxy) is 3. The molecule has 2 aromatic carbocycles.